The van der Waals surface area contributed by atoms with Crippen molar-refractivity contribution in [2.75, 3.05) is 6.54 Å². The summed E-state index contributed by atoms with van der Waals surface area (Å²) in [6.07, 6.45) is 6.68. The molecule has 1 rings (SSSR count). The van der Waals surface area contributed by atoms with Crippen molar-refractivity contribution in [3.8, 4) is 6.07 Å². The van der Waals surface area contributed by atoms with E-state index in [1.165, 1.54) is 5.57 Å². The molecule has 0 saturated heterocycles. The lowest BCUT2D eigenvalue weighted by Crippen LogP contribution is -2.40. The first-order valence-corrected chi connectivity index (χ1v) is 7.51. The van der Waals surface area contributed by atoms with Gasteiger partial charge in [0.1, 0.15) is 11.6 Å². The van der Waals surface area contributed by atoms with E-state index >= 15 is 0 Å². The minimum atomic E-state index is -0.145. The van der Waals surface area contributed by atoms with Crippen LogP contribution in [0.4, 0.5) is 0 Å². The molecular weight excluding hydrogens is 272 g/mol. The summed E-state index contributed by atoms with van der Waals surface area (Å²) in [5, 5.41) is 8.98. The molecule has 1 aliphatic heterocycles. The average molecular weight is 302 g/mol. The molecule has 1 heterocycles. The molecule has 0 fully saturated rings. The Labute approximate surface area is 136 Å². The second-order valence-electron chi connectivity index (χ2n) is 5.60. The van der Waals surface area contributed by atoms with E-state index < -0.39 is 0 Å². The molecule has 0 spiro atoms. The molecule has 0 aromatic rings. The standard InChI is InChI=1S/C13H18N2O.C4H8.C2H4/c1-10(2)8-12(9-14)13(16)15-7-5-4-6-11(15)3;1-4(2)3;1-2/h4,6,8,10-11H,5,7H2,1-3H3;1H2,2-3H3;1-2H2/b12-8+;;. The molecule has 0 N–H and O–H groups in total. The van der Waals surface area contributed by atoms with Crippen molar-refractivity contribution < 1.29 is 4.79 Å². The minimum Gasteiger partial charge on any atom is -0.332 e. The predicted molar refractivity (Wildman–Crippen MR) is 95.2 cm³/mol. The molecule has 22 heavy (non-hydrogen) atoms. The number of amides is 1. The van der Waals surface area contributed by atoms with E-state index in [0.29, 0.717) is 6.54 Å². The van der Waals surface area contributed by atoms with Gasteiger partial charge in [0.25, 0.3) is 5.91 Å². The van der Waals surface area contributed by atoms with Crippen molar-refractivity contribution in [1.82, 2.24) is 4.90 Å². The van der Waals surface area contributed by atoms with Crippen LogP contribution in [-0.4, -0.2) is 23.4 Å². The van der Waals surface area contributed by atoms with Gasteiger partial charge in [-0.3, -0.25) is 4.79 Å². The number of hydrogen-bond acceptors (Lipinski definition) is 2. The van der Waals surface area contributed by atoms with Crippen molar-refractivity contribution >= 4 is 5.91 Å². The van der Waals surface area contributed by atoms with Gasteiger partial charge in [0.2, 0.25) is 0 Å². The Morgan fingerprint density at radius 1 is 1.41 bits per heavy atom. The van der Waals surface area contributed by atoms with Crippen molar-refractivity contribution in [3.63, 3.8) is 0 Å². The van der Waals surface area contributed by atoms with Gasteiger partial charge in [-0.15, -0.1) is 19.7 Å². The average Bonchev–Trinajstić information content (AvgIpc) is 2.46. The summed E-state index contributed by atoms with van der Waals surface area (Å²) < 4.78 is 0. The number of rotatable bonds is 2. The second kappa shape index (κ2) is 12.6. The molecule has 0 saturated carbocycles. The van der Waals surface area contributed by atoms with Crippen LogP contribution in [-0.2, 0) is 4.79 Å². The van der Waals surface area contributed by atoms with E-state index in [0.717, 1.165) is 6.42 Å². The van der Waals surface area contributed by atoms with Gasteiger partial charge in [-0.25, -0.2) is 0 Å². The fourth-order valence-corrected chi connectivity index (χ4v) is 1.75. The van der Waals surface area contributed by atoms with Gasteiger partial charge in [0, 0.05) is 12.6 Å². The Morgan fingerprint density at radius 2 is 1.91 bits per heavy atom. The van der Waals surface area contributed by atoms with Crippen molar-refractivity contribution in [2.45, 2.75) is 47.1 Å². The summed E-state index contributed by atoms with van der Waals surface area (Å²) in [6, 6.07) is 2.08. The van der Waals surface area contributed by atoms with Crippen LogP contribution in [0.1, 0.15) is 41.0 Å². The van der Waals surface area contributed by atoms with Gasteiger partial charge in [-0.1, -0.05) is 37.6 Å². The van der Waals surface area contributed by atoms with E-state index in [4.69, 9.17) is 5.26 Å². The molecule has 3 heteroatoms. The lowest BCUT2D eigenvalue weighted by Gasteiger charge is -2.29. The molecule has 1 atom stereocenters. The molecule has 0 bridgehead atoms. The zero-order valence-electron chi connectivity index (χ0n) is 14.7. The zero-order chi connectivity index (χ0) is 17.7. The van der Waals surface area contributed by atoms with Crippen LogP contribution in [0, 0.1) is 17.2 Å². The maximum absolute atomic E-state index is 12.1. The van der Waals surface area contributed by atoms with Gasteiger partial charge in [-0.2, -0.15) is 5.26 Å². The minimum absolute atomic E-state index is 0.0881. The Morgan fingerprint density at radius 3 is 2.27 bits per heavy atom. The monoisotopic (exact) mass is 302 g/mol. The zero-order valence-corrected chi connectivity index (χ0v) is 14.7. The number of carbonyl (C=O) groups excluding carboxylic acids is 1. The van der Waals surface area contributed by atoms with Crippen LogP contribution < -0.4 is 0 Å². The maximum Gasteiger partial charge on any atom is 0.264 e. The molecule has 122 valence electrons. The second-order valence-corrected chi connectivity index (χ2v) is 5.60. The first-order valence-electron chi connectivity index (χ1n) is 7.51. The Hall–Kier alpha value is -2.08. The van der Waals surface area contributed by atoms with Crippen molar-refractivity contribution in [3.05, 3.63) is 49.1 Å². The summed E-state index contributed by atoms with van der Waals surface area (Å²) in [6.45, 7) is 20.1. The molecule has 1 aliphatic rings. The Balaban J connectivity index is 0. The highest BCUT2D eigenvalue weighted by Crippen LogP contribution is 2.14. The summed E-state index contributed by atoms with van der Waals surface area (Å²) in [4.78, 5) is 13.8. The number of carbonyl (C=O) groups is 1. The van der Waals surface area contributed by atoms with E-state index in [9.17, 15) is 4.79 Å². The summed E-state index contributed by atoms with van der Waals surface area (Å²) in [5.74, 6) is 0.0716. The molecule has 0 aliphatic carbocycles. The Bertz CT molecular complexity index is 449. The largest absolute Gasteiger partial charge is 0.332 e. The lowest BCUT2D eigenvalue weighted by molar-refractivity contribution is -0.128. The molecular formula is C19H30N2O. The predicted octanol–water partition coefficient (Wildman–Crippen LogP) is 4.65. The third-order valence-electron chi connectivity index (χ3n) is 2.55. The lowest BCUT2D eigenvalue weighted by atomic mass is 10.1. The molecule has 0 radical (unpaired) electrons. The topological polar surface area (TPSA) is 44.1 Å². The number of nitrogens with zero attached hydrogens (tertiary/aromatic N) is 2. The fraction of sp³-hybridized carbons (Fsp3) is 0.474. The summed E-state index contributed by atoms with van der Waals surface area (Å²) in [7, 11) is 0. The van der Waals surface area contributed by atoms with E-state index in [-0.39, 0.29) is 23.4 Å². The SMILES string of the molecule is C=C.C=C(C)C.CC(C)/C=C(\C#N)C(=O)N1CCC=CC1C. The van der Waals surface area contributed by atoms with Gasteiger partial charge in [-0.05, 0) is 33.1 Å². The van der Waals surface area contributed by atoms with Crippen molar-refractivity contribution in [1.29, 1.82) is 5.26 Å². The van der Waals surface area contributed by atoms with Crippen LogP contribution in [0.3, 0.4) is 0 Å². The van der Waals surface area contributed by atoms with Crippen molar-refractivity contribution in [2.24, 2.45) is 5.92 Å². The van der Waals surface area contributed by atoms with Crippen LogP contribution in [0.5, 0.6) is 0 Å². The van der Waals surface area contributed by atoms with E-state index in [1.807, 2.05) is 46.8 Å². The number of hydrogen-bond donors (Lipinski definition) is 0. The van der Waals surface area contributed by atoms with Gasteiger partial charge in [0.15, 0.2) is 0 Å². The fourth-order valence-electron chi connectivity index (χ4n) is 1.75. The highest BCUT2D eigenvalue weighted by atomic mass is 16.2. The quantitative estimate of drug-likeness (QED) is 0.423. The molecule has 1 amide bonds. The third-order valence-corrected chi connectivity index (χ3v) is 2.55. The van der Waals surface area contributed by atoms with Crippen LogP contribution >= 0.6 is 0 Å². The number of allylic oxidation sites excluding steroid dienone is 2. The van der Waals surface area contributed by atoms with E-state index in [2.05, 4.69) is 25.8 Å². The van der Waals surface area contributed by atoms with Crippen LogP contribution in [0.2, 0.25) is 0 Å². The molecule has 3 nitrogen and oxygen atoms in total. The normalized spacial score (nSPS) is 16.7. The first kappa shape index (κ1) is 22.2. The summed E-state index contributed by atoms with van der Waals surface area (Å²) >= 11 is 0. The van der Waals surface area contributed by atoms with Gasteiger partial charge in [0.05, 0.1) is 0 Å². The molecule has 0 aromatic carbocycles. The van der Waals surface area contributed by atoms with Crippen LogP contribution in [0.25, 0.3) is 0 Å². The highest BCUT2D eigenvalue weighted by Gasteiger charge is 2.23. The van der Waals surface area contributed by atoms with Crippen LogP contribution in [0.15, 0.2) is 49.1 Å². The molecule has 0 aromatic heterocycles. The van der Waals surface area contributed by atoms with Gasteiger partial charge < -0.3 is 4.90 Å². The van der Waals surface area contributed by atoms with E-state index in [1.54, 1.807) is 11.0 Å². The number of nitriles is 1. The first-order chi connectivity index (χ1) is 10.3. The smallest absolute Gasteiger partial charge is 0.264 e. The highest BCUT2D eigenvalue weighted by molar-refractivity contribution is 5.97. The maximum atomic E-state index is 12.1. The molecule has 1 unspecified atom stereocenters. The summed E-state index contributed by atoms with van der Waals surface area (Å²) in [5.41, 5.74) is 1.43. The Kier molecular flexibility index (Phi) is 12.8. The third kappa shape index (κ3) is 9.77. The van der Waals surface area contributed by atoms with Gasteiger partial charge >= 0.3 is 0 Å².